The zero-order valence-electron chi connectivity index (χ0n) is 14.6. The van der Waals surface area contributed by atoms with Crippen molar-refractivity contribution in [2.24, 2.45) is 0 Å². The minimum Gasteiger partial charge on any atom is -0.467 e. The second kappa shape index (κ2) is 6.63. The topological polar surface area (TPSA) is 60.2 Å². The van der Waals surface area contributed by atoms with E-state index in [4.69, 9.17) is 19.1 Å². The van der Waals surface area contributed by atoms with Gasteiger partial charge < -0.3 is 14.5 Å². The van der Waals surface area contributed by atoms with Crippen LogP contribution >= 0.6 is 23.1 Å². The van der Waals surface area contributed by atoms with Gasteiger partial charge in [0.15, 0.2) is 5.16 Å². The lowest BCUT2D eigenvalue weighted by Gasteiger charge is -2.33. The molecule has 0 unspecified atom stereocenters. The van der Waals surface area contributed by atoms with Gasteiger partial charge in [-0.05, 0) is 37.3 Å². The van der Waals surface area contributed by atoms with Crippen LogP contribution in [0, 0.1) is 0 Å². The number of nitrogens with zero attached hydrogens (tertiary/aromatic N) is 2. The molecule has 1 aliphatic rings. The summed E-state index contributed by atoms with van der Waals surface area (Å²) in [6, 6.07) is 3.86. The fourth-order valence-corrected chi connectivity index (χ4v) is 4.61. The van der Waals surface area contributed by atoms with Gasteiger partial charge in [0.25, 0.3) is 0 Å². The first kappa shape index (κ1) is 16.9. The molecule has 0 amide bonds. The molecule has 7 heteroatoms. The second-order valence-electron chi connectivity index (χ2n) is 6.44. The average Bonchev–Trinajstić information content (AvgIpc) is 3.26. The molecule has 0 radical (unpaired) electrons. The van der Waals surface area contributed by atoms with Crippen molar-refractivity contribution in [3.05, 3.63) is 34.6 Å². The number of hydrogen-bond donors (Lipinski definition) is 1. The summed E-state index contributed by atoms with van der Waals surface area (Å²) >= 11 is 3.29. The van der Waals surface area contributed by atoms with Gasteiger partial charge >= 0.3 is 0 Å². The highest BCUT2D eigenvalue weighted by atomic mass is 32.2. The fourth-order valence-electron chi connectivity index (χ4n) is 3.08. The van der Waals surface area contributed by atoms with Crippen LogP contribution in [0.4, 0.5) is 5.82 Å². The number of furan rings is 1. The van der Waals surface area contributed by atoms with Crippen molar-refractivity contribution in [2.45, 2.75) is 50.6 Å². The number of aromatic nitrogens is 2. The summed E-state index contributed by atoms with van der Waals surface area (Å²) in [5.74, 6) is 1.78. The average molecular weight is 376 g/mol. The van der Waals surface area contributed by atoms with E-state index < -0.39 is 0 Å². The molecule has 1 N–H and O–H groups in total. The van der Waals surface area contributed by atoms with Gasteiger partial charge in [0.05, 0.1) is 30.4 Å². The van der Waals surface area contributed by atoms with E-state index in [-0.39, 0.29) is 5.60 Å². The van der Waals surface area contributed by atoms with Crippen molar-refractivity contribution in [1.29, 1.82) is 0 Å². The predicted octanol–water partition coefficient (Wildman–Crippen LogP) is 4.86. The molecule has 4 heterocycles. The third-order valence-corrected chi connectivity index (χ3v) is 6.40. The van der Waals surface area contributed by atoms with E-state index >= 15 is 0 Å². The third kappa shape index (κ3) is 3.16. The van der Waals surface area contributed by atoms with E-state index in [1.807, 2.05) is 18.4 Å². The van der Waals surface area contributed by atoms with Gasteiger partial charge in [-0.25, -0.2) is 9.97 Å². The number of nitrogens with one attached hydrogen (secondary N) is 1. The van der Waals surface area contributed by atoms with Crippen molar-refractivity contribution in [3.8, 4) is 0 Å². The Balaban J connectivity index is 1.78. The van der Waals surface area contributed by atoms with Crippen molar-refractivity contribution < 1.29 is 9.15 Å². The first-order valence-corrected chi connectivity index (χ1v) is 10.4. The van der Waals surface area contributed by atoms with Crippen LogP contribution in [-0.2, 0) is 24.3 Å². The van der Waals surface area contributed by atoms with Gasteiger partial charge in [-0.2, -0.15) is 0 Å². The third-order valence-electron chi connectivity index (χ3n) is 4.76. The van der Waals surface area contributed by atoms with Crippen LogP contribution in [0.5, 0.6) is 0 Å². The lowest BCUT2D eigenvalue weighted by molar-refractivity contribution is -0.0542. The predicted molar refractivity (Wildman–Crippen MR) is 102 cm³/mol. The Hall–Kier alpha value is -1.57. The number of thioether (sulfide) groups is 1. The molecular formula is C18H21N3O2S2. The maximum absolute atomic E-state index is 6.11. The van der Waals surface area contributed by atoms with Gasteiger partial charge in [0.2, 0.25) is 0 Å². The van der Waals surface area contributed by atoms with Gasteiger partial charge in [-0.3, -0.25) is 0 Å². The molecule has 0 bridgehead atoms. The van der Waals surface area contributed by atoms with Crippen LogP contribution in [0.25, 0.3) is 10.2 Å². The van der Waals surface area contributed by atoms with Gasteiger partial charge in [0, 0.05) is 11.3 Å². The Morgan fingerprint density at radius 2 is 2.28 bits per heavy atom. The molecule has 5 nitrogen and oxygen atoms in total. The lowest BCUT2D eigenvalue weighted by atomic mass is 9.90. The maximum Gasteiger partial charge on any atom is 0.190 e. The summed E-state index contributed by atoms with van der Waals surface area (Å²) < 4.78 is 11.5. The maximum atomic E-state index is 6.11. The highest BCUT2D eigenvalue weighted by molar-refractivity contribution is 7.98. The summed E-state index contributed by atoms with van der Waals surface area (Å²) in [4.78, 5) is 11.8. The van der Waals surface area contributed by atoms with Crippen molar-refractivity contribution in [2.75, 3.05) is 11.6 Å². The van der Waals surface area contributed by atoms with Crippen LogP contribution in [0.1, 0.15) is 36.5 Å². The number of ether oxygens (including phenoxy) is 1. The summed E-state index contributed by atoms with van der Waals surface area (Å²) in [5, 5.41) is 5.38. The second-order valence-corrected chi connectivity index (χ2v) is 8.30. The smallest absolute Gasteiger partial charge is 0.190 e. The van der Waals surface area contributed by atoms with Crippen LogP contribution < -0.4 is 5.32 Å². The molecule has 0 aromatic carbocycles. The zero-order valence-corrected chi connectivity index (χ0v) is 16.2. The molecule has 0 fully saturated rings. The number of anilines is 1. The summed E-state index contributed by atoms with van der Waals surface area (Å²) in [5.41, 5.74) is 1.22. The van der Waals surface area contributed by atoms with Crippen LogP contribution in [0.3, 0.4) is 0 Å². The van der Waals surface area contributed by atoms with Gasteiger partial charge in [0.1, 0.15) is 16.4 Å². The summed E-state index contributed by atoms with van der Waals surface area (Å²) in [6.45, 7) is 5.64. The highest BCUT2D eigenvalue weighted by Crippen LogP contribution is 2.42. The Bertz CT molecular complexity index is 891. The molecule has 132 valence electrons. The Labute approximate surface area is 155 Å². The molecule has 3 aromatic heterocycles. The molecule has 3 aromatic rings. The summed E-state index contributed by atoms with van der Waals surface area (Å²) in [7, 11) is 0. The lowest BCUT2D eigenvalue weighted by Crippen LogP contribution is -2.33. The molecule has 0 saturated heterocycles. The summed E-state index contributed by atoms with van der Waals surface area (Å²) in [6.07, 6.45) is 5.58. The van der Waals surface area contributed by atoms with Crippen LogP contribution in [0.15, 0.2) is 28.0 Å². The molecule has 0 saturated carbocycles. The van der Waals surface area contributed by atoms with E-state index in [2.05, 4.69) is 19.2 Å². The molecule has 25 heavy (non-hydrogen) atoms. The number of hydrogen-bond acceptors (Lipinski definition) is 7. The Morgan fingerprint density at radius 1 is 1.40 bits per heavy atom. The Morgan fingerprint density at radius 3 is 3.00 bits per heavy atom. The Kier molecular flexibility index (Phi) is 4.47. The van der Waals surface area contributed by atoms with E-state index in [1.54, 1.807) is 29.4 Å². The van der Waals surface area contributed by atoms with Gasteiger partial charge in [-0.1, -0.05) is 18.7 Å². The SMILES string of the molecule is CC[C@@]1(C)Cc2c(sc3nc(SC)nc(NCc4ccco4)c23)CO1. The standard InChI is InChI=1S/C18H21N3O2S2/c1-4-18(2)8-12-13(10-23-18)25-16-14(12)15(20-17(21-16)24-3)19-9-11-6-5-7-22-11/h5-7H,4,8-10H2,1-3H3,(H,19,20,21)/t18-/m0/s1. The number of rotatable bonds is 5. The quantitative estimate of drug-likeness (QED) is 0.508. The van der Waals surface area contributed by atoms with E-state index in [0.29, 0.717) is 13.2 Å². The number of thiophene rings is 1. The minimum absolute atomic E-state index is 0.114. The number of fused-ring (bicyclic) bond motifs is 3. The normalized spacial score (nSPS) is 20.0. The zero-order chi connectivity index (χ0) is 17.4. The van der Waals surface area contributed by atoms with Gasteiger partial charge in [-0.15, -0.1) is 11.3 Å². The van der Waals surface area contributed by atoms with Crippen molar-refractivity contribution >= 4 is 39.1 Å². The first-order valence-electron chi connectivity index (χ1n) is 8.38. The van der Waals surface area contributed by atoms with Crippen molar-refractivity contribution in [1.82, 2.24) is 9.97 Å². The molecule has 1 atom stereocenters. The highest BCUT2D eigenvalue weighted by Gasteiger charge is 2.33. The monoisotopic (exact) mass is 375 g/mol. The minimum atomic E-state index is -0.114. The van der Waals surface area contributed by atoms with E-state index in [1.165, 1.54) is 10.4 Å². The largest absolute Gasteiger partial charge is 0.467 e. The first-order chi connectivity index (χ1) is 12.1. The molecule has 0 spiro atoms. The van der Waals surface area contributed by atoms with Crippen LogP contribution in [0.2, 0.25) is 0 Å². The molecule has 4 rings (SSSR count). The van der Waals surface area contributed by atoms with Crippen molar-refractivity contribution in [3.63, 3.8) is 0 Å². The molecule has 1 aliphatic heterocycles. The van der Waals surface area contributed by atoms with E-state index in [9.17, 15) is 0 Å². The molecular weight excluding hydrogens is 354 g/mol. The van der Waals surface area contributed by atoms with E-state index in [0.717, 1.165) is 39.8 Å². The molecule has 0 aliphatic carbocycles. The van der Waals surface area contributed by atoms with Crippen LogP contribution in [-0.4, -0.2) is 21.8 Å². The fraction of sp³-hybridized carbons (Fsp3) is 0.444.